The molecule has 0 aromatic heterocycles. The van der Waals surface area contributed by atoms with E-state index in [2.05, 4.69) is 5.32 Å². The first-order valence-corrected chi connectivity index (χ1v) is 7.12. The molecule has 2 aliphatic heterocycles. The fraction of sp³-hybridized carbons (Fsp3) is 0.400. The Bertz CT molecular complexity index is 615. The largest absolute Gasteiger partial charge is 0.497 e. The predicted octanol–water partition coefficient (Wildman–Crippen LogP) is 0.520. The highest BCUT2D eigenvalue weighted by molar-refractivity contribution is 6.04. The molecule has 2 saturated heterocycles. The van der Waals surface area contributed by atoms with Crippen molar-refractivity contribution in [1.29, 1.82) is 0 Å². The third-order valence-corrected chi connectivity index (χ3v) is 4.05. The Morgan fingerprint density at radius 1 is 1.41 bits per heavy atom. The smallest absolute Gasteiger partial charge is 0.325 e. The highest BCUT2D eigenvalue weighted by atomic mass is 16.5. The van der Waals surface area contributed by atoms with Gasteiger partial charge in [0.15, 0.2) is 0 Å². The van der Waals surface area contributed by atoms with Crippen LogP contribution in [0.25, 0.3) is 0 Å². The minimum absolute atomic E-state index is 0.0247. The number of rotatable bonds is 4. The van der Waals surface area contributed by atoms with Gasteiger partial charge in [-0.2, -0.15) is 0 Å². The number of urea groups is 1. The van der Waals surface area contributed by atoms with Gasteiger partial charge in [0.2, 0.25) is 5.91 Å². The number of likely N-dealkylation sites (tertiary alicyclic amines) is 1. The summed E-state index contributed by atoms with van der Waals surface area (Å²) in [6, 6.07) is 7.05. The van der Waals surface area contributed by atoms with E-state index in [1.54, 1.807) is 12.0 Å². The highest BCUT2D eigenvalue weighted by Gasteiger charge is 2.37. The van der Waals surface area contributed by atoms with E-state index < -0.39 is 6.03 Å². The molecule has 2 aliphatic rings. The van der Waals surface area contributed by atoms with Crippen LogP contribution in [0.3, 0.4) is 0 Å². The van der Waals surface area contributed by atoms with Crippen LogP contribution < -0.4 is 10.1 Å². The van der Waals surface area contributed by atoms with Crippen molar-refractivity contribution in [1.82, 2.24) is 15.1 Å². The molecule has 2 heterocycles. The van der Waals surface area contributed by atoms with Crippen molar-refractivity contribution in [2.45, 2.75) is 12.5 Å². The van der Waals surface area contributed by atoms with Gasteiger partial charge < -0.3 is 15.0 Å². The predicted molar refractivity (Wildman–Crippen MR) is 77.2 cm³/mol. The zero-order valence-electron chi connectivity index (χ0n) is 12.2. The summed E-state index contributed by atoms with van der Waals surface area (Å²) in [5.41, 5.74) is 0.996. The lowest BCUT2D eigenvalue weighted by atomic mass is 9.94. The lowest BCUT2D eigenvalue weighted by molar-refractivity contribution is -0.142. The molecular formula is C15H17N3O4. The van der Waals surface area contributed by atoms with E-state index in [0.717, 1.165) is 22.6 Å². The molecule has 0 spiro atoms. The fourth-order valence-corrected chi connectivity index (χ4v) is 2.72. The van der Waals surface area contributed by atoms with Gasteiger partial charge in [-0.1, -0.05) is 12.1 Å². The van der Waals surface area contributed by atoms with Crippen LogP contribution in [0.5, 0.6) is 5.75 Å². The van der Waals surface area contributed by atoms with Crippen molar-refractivity contribution < 1.29 is 19.1 Å². The first-order chi connectivity index (χ1) is 10.6. The van der Waals surface area contributed by atoms with E-state index in [1.807, 2.05) is 24.3 Å². The second-order valence-corrected chi connectivity index (χ2v) is 5.31. The Kier molecular flexibility index (Phi) is 3.70. The molecule has 1 atom stereocenters. The van der Waals surface area contributed by atoms with E-state index in [9.17, 15) is 14.4 Å². The summed E-state index contributed by atoms with van der Waals surface area (Å²) in [6.45, 7) is 0.390. The number of imide groups is 1. The number of methoxy groups -OCH3 is 1. The van der Waals surface area contributed by atoms with Crippen LogP contribution in [0.2, 0.25) is 0 Å². The molecule has 116 valence electrons. The monoisotopic (exact) mass is 303 g/mol. The average Bonchev–Trinajstić information content (AvgIpc) is 2.78. The van der Waals surface area contributed by atoms with Gasteiger partial charge in [0.05, 0.1) is 19.7 Å². The van der Waals surface area contributed by atoms with Gasteiger partial charge in [0.25, 0.3) is 5.91 Å². The number of hydrogen-bond donors (Lipinski definition) is 1. The molecule has 2 fully saturated rings. The van der Waals surface area contributed by atoms with Crippen molar-refractivity contribution >= 4 is 17.8 Å². The number of ether oxygens (including phenoxy) is 1. The molecule has 7 nitrogen and oxygen atoms in total. The van der Waals surface area contributed by atoms with Crippen molar-refractivity contribution in [3.63, 3.8) is 0 Å². The second-order valence-electron chi connectivity index (χ2n) is 5.31. The Balaban J connectivity index is 1.68. The summed E-state index contributed by atoms with van der Waals surface area (Å²) < 4.78 is 5.20. The van der Waals surface area contributed by atoms with Gasteiger partial charge in [-0.25, -0.2) is 4.79 Å². The van der Waals surface area contributed by atoms with Crippen molar-refractivity contribution in [2.75, 3.05) is 26.7 Å². The zero-order chi connectivity index (χ0) is 15.7. The van der Waals surface area contributed by atoms with Crippen molar-refractivity contribution in [2.24, 2.45) is 0 Å². The van der Waals surface area contributed by atoms with Crippen LogP contribution in [0, 0.1) is 0 Å². The van der Waals surface area contributed by atoms with E-state index in [-0.39, 0.29) is 30.9 Å². The zero-order valence-corrected chi connectivity index (χ0v) is 12.2. The lowest BCUT2D eigenvalue weighted by Gasteiger charge is -2.41. The Hall–Kier alpha value is -2.57. The van der Waals surface area contributed by atoms with Crippen LogP contribution in [0.15, 0.2) is 24.3 Å². The van der Waals surface area contributed by atoms with Crippen molar-refractivity contribution in [3.05, 3.63) is 29.8 Å². The fourth-order valence-electron chi connectivity index (χ4n) is 2.72. The number of nitrogens with zero attached hydrogens (tertiary/aromatic N) is 2. The number of carbonyl (C=O) groups excluding carboxylic acids is 3. The summed E-state index contributed by atoms with van der Waals surface area (Å²) in [5, 5.41) is 2.41. The minimum atomic E-state index is -0.503. The van der Waals surface area contributed by atoms with Crippen LogP contribution in [0.1, 0.15) is 18.0 Å². The van der Waals surface area contributed by atoms with Crippen LogP contribution >= 0.6 is 0 Å². The summed E-state index contributed by atoms with van der Waals surface area (Å²) >= 11 is 0. The molecule has 4 amide bonds. The maximum absolute atomic E-state index is 12.3. The van der Waals surface area contributed by atoms with E-state index in [0.29, 0.717) is 6.54 Å². The molecule has 22 heavy (non-hydrogen) atoms. The number of carbonyl (C=O) groups is 3. The Labute approximate surface area is 127 Å². The normalized spacial score (nSPS) is 20.7. The summed E-state index contributed by atoms with van der Waals surface area (Å²) in [5.74, 6) is 0.159. The lowest BCUT2D eigenvalue weighted by Crippen LogP contribution is -2.50. The first-order valence-electron chi connectivity index (χ1n) is 7.12. The van der Waals surface area contributed by atoms with Crippen LogP contribution in [0.4, 0.5) is 4.79 Å². The van der Waals surface area contributed by atoms with E-state index in [4.69, 9.17) is 4.74 Å². The second kappa shape index (κ2) is 5.67. The molecule has 0 radical (unpaired) electrons. The molecule has 0 bridgehead atoms. The quantitative estimate of drug-likeness (QED) is 0.823. The van der Waals surface area contributed by atoms with E-state index >= 15 is 0 Å². The number of nitrogens with one attached hydrogen (secondary N) is 1. The van der Waals surface area contributed by atoms with E-state index in [1.165, 1.54) is 0 Å². The summed E-state index contributed by atoms with van der Waals surface area (Å²) in [6.07, 6.45) is 0.860. The third kappa shape index (κ3) is 2.49. The van der Waals surface area contributed by atoms with Gasteiger partial charge in [-0.15, -0.1) is 0 Å². The SMILES string of the molecule is COc1cccc(C2CCN2C(=O)CN2C(=O)CNC2=O)c1. The summed E-state index contributed by atoms with van der Waals surface area (Å²) in [4.78, 5) is 38.0. The maximum Gasteiger partial charge on any atom is 0.325 e. The van der Waals surface area contributed by atoms with Crippen LogP contribution in [-0.4, -0.2) is 54.4 Å². The highest BCUT2D eigenvalue weighted by Crippen LogP contribution is 2.34. The molecule has 1 aromatic carbocycles. The molecule has 0 saturated carbocycles. The summed E-state index contributed by atoms with van der Waals surface area (Å²) in [7, 11) is 1.60. The molecule has 3 rings (SSSR count). The first kappa shape index (κ1) is 14.4. The number of amides is 4. The topological polar surface area (TPSA) is 79.0 Å². The minimum Gasteiger partial charge on any atom is -0.497 e. The van der Waals surface area contributed by atoms with Gasteiger partial charge in [-0.3, -0.25) is 14.5 Å². The van der Waals surface area contributed by atoms with Gasteiger partial charge >= 0.3 is 6.03 Å². The molecule has 1 N–H and O–H groups in total. The van der Waals surface area contributed by atoms with Crippen molar-refractivity contribution in [3.8, 4) is 5.75 Å². The standard InChI is InChI=1S/C15H17N3O4/c1-22-11-4-2-3-10(7-11)12-5-6-17(12)14(20)9-18-13(19)8-16-15(18)21/h2-4,7,12H,5-6,8-9H2,1H3,(H,16,21). The molecular weight excluding hydrogens is 286 g/mol. The maximum atomic E-state index is 12.3. The molecule has 1 unspecified atom stereocenters. The van der Waals surface area contributed by atoms with Crippen LogP contribution in [-0.2, 0) is 9.59 Å². The Morgan fingerprint density at radius 2 is 2.23 bits per heavy atom. The van der Waals surface area contributed by atoms with Gasteiger partial charge in [-0.05, 0) is 24.1 Å². The Morgan fingerprint density at radius 3 is 2.82 bits per heavy atom. The van der Waals surface area contributed by atoms with Gasteiger partial charge in [0.1, 0.15) is 12.3 Å². The number of benzene rings is 1. The third-order valence-electron chi connectivity index (χ3n) is 4.05. The van der Waals surface area contributed by atoms with Gasteiger partial charge in [0, 0.05) is 6.54 Å². The molecule has 0 aliphatic carbocycles. The molecule has 1 aromatic rings. The number of hydrogen-bond acceptors (Lipinski definition) is 4. The average molecular weight is 303 g/mol. The molecule has 7 heteroatoms.